The summed E-state index contributed by atoms with van der Waals surface area (Å²) in [6, 6.07) is 16.8. The number of nitrogens with zero attached hydrogens (tertiary/aromatic N) is 1. The van der Waals surface area contributed by atoms with Crippen molar-refractivity contribution in [3.05, 3.63) is 97.8 Å². The molecule has 34 heavy (non-hydrogen) atoms. The average molecular weight is 522 g/mol. The third-order valence-corrected chi connectivity index (χ3v) is 6.58. The zero-order valence-corrected chi connectivity index (χ0v) is 20.0. The number of hydrogen-bond acceptors (Lipinski definition) is 6. The highest BCUT2D eigenvalue weighted by molar-refractivity contribution is 9.10. The van der Waals surface area contributed by atoms with E-state index in [1.54, 1.807) is 48.4 Å². The molecule has 0 spiro atoms. The van der Waals surface area contributed by atoms with Crippen molar-refractivity contribution < 1.29 is 23.8 Å². The van der Waals surface area contributed by atoms with Gasteiger partial charge in [-0.15, -0.1) is 0 Å². The first kappa shape index (κ1) is 22.0. The molecule has 0 unspecified atom stereocenters. The molecule has 0 saturated carbocycles. The smallest absolute Gasteiger partial charge is 0.291 e. The number of hydrogen-bond donors (Lipinski definition) is 1. The number of phenols is 1. The summed E-state index contributed by atoms with van der Waals surface area (Å²) >= 11 is 3.35. The summed E-state index contributed by atoms with van der Waals surface area (Å²) < 4.78 is 16.9. The molecular formula is C26H20BrNO6. The molecule has 172 valence electrons. The van der Waals surface area contributed by atoms with Crippen LogP contribution in [0.2, 0.25) is 0 Å². The molecule has 0 aliphatic carbocycles. The van der Waals surface area contributed by atoms with E-state index in [-0.39, 0.29) is 40.7 Å². The fraction of sp³-hybridized carbons (Fsp3) is 0.154. The van der Waals surface area contributed by atoms with E-state index >= 15 is 0 Å². The van der Waals surface area contributed by atoms with Gasteiger partial charge in [0, 0.05) is 6.54 Å². The second-order valence-corrected chi connectivity index (χ2v) is 8.76. The number of halogens is 1. The molecule has 0 fully saturated rings. The minimum atomic E-state index is -0.740. The van der Waals surface area contributed by atoms with E-state index in [1.165, 1.54) is 7.11 Å². The van der Waals surface area contributed by atoms with E-state index in [0.29, 0.717) is 26.8 Å². The van der Waals surface area contributed by atoms with Crippen LogP contribution >= 0.6 is 15.9 Å². The lowest BCUT2D eigenvalue weighted by Crippen LogP contribution is -2.29. The van der Waals surface area contributed by atoms with Crippen LogP contribution in [-0.4, -0.2) is 30.1 Å². The third kappa shape index (κ3) is 3.51. The van der Waals surface area contributed by atoms with Gasteiger partial charge in [-0.05, 0) is 63.5 Å². The number of carbonyl (C=O) groups is 1. The summed E-state index contributed by atoms with van der Waals surface area (Å²) in [5.41, 5.74) is 1.81. The predicted molar refractivity (Wildman–Crippen MR) is 130 cm³/mol. The first-order chi connectivity index (χ1) is 16.4. The lowest BCUT2D eigenvalue weighted by atomic mass is 9.97. The number of carbonyl (C=O) groups excluding carboxylic acids is 1. The van der Waals surface area contributed by atoms with E-state index in [9.17, 15) is 14.7 Å². The first-order valence-corrected chi connectivity index (χ1v) is 11.3. The van der Waals surface area contributed by atoms with Crippen molar-refractivity contribution in [3.63, 3.8) is 0 Å². The zero-order valence-electron chi connectivity index (χ0n) is 18.4. The van der Waals surface area contributed by atoms with E-state index in [4.69, 9.17) is 13.9 Å². The molecule has 5 rings (SSSR count). The second kappa shape index (κ2) is 8.53. The lowest BCUT2D eigenvalue weighted by molar-refractivity contribution is 0.0714. The minimum absolute atomic E-state index is 0.0189. The van der Waals surface area contributed by atoms with Crippen molar-refractivity contribution in [2.75, 3.05) is 14.2 Å². The number of phenolic OH excluding ortho intramolecular Hbond substituents is 1. The fourth-order valence-corrected chi connectivity index (χ4v) is 4.77. The van der Waals surface area contributed by atoms with Crippen LogP contribution in [0.25, 0.3) is 11.0 Å². The molecule has 1 N–H and O–H groups in total. The summed E-state index contributed by atoms with van der Waals surface area (Å²) in [6.45, 7) is 0.230. The minimum Gasteiger partial charge on any atom is -0.503 e. The van der Waals surface area contributed by atoms with Crippen LogP contribution in [0.1, 0.15) is 33.3 Å². The number of aromatic hydroxyl groups is 1. The molecule has 1 amide bonds. The molecule has 8 heteroatoms. The van der Waals surface area contributed by atoms with E-state index in [0.717, 1.165) is 5.56 Å². The van der Waals surface area contributed by atoms with Gasteiger partial charge in [-0.25, -0.2) is 0 Å². The molecule has 1 aliphatic heterocycles. The van der Waals surface area contributed by atoms with Crippen LogP contribution < -0.4 is 14.9 Å². The monoisotopic (exact) mass is 521 g/mol. The Bertz CT molecular complexity index is 1480. The molecule has 3 aromatic carbocycles. The van der Waals surface area contributed by atoms with Gasteiger partial charge in [0.2, 0.25) is 5.76 Å². The molecule has 1 aromatic heterocycles. The number of ether oxygens (including phenoxy) is 2. The van der Waals surface area contributed by atoms with Crippen LogP contribution in [0.3, 0.4) is 0 Å². The molecule has 1 aliphatic rings. The predicted octanol–water partition coefficient (Wildman–Crippen LogP) is 5.02. The number of para-hydroxylation sites is 1. The molecule has 0 radical (unpaired) electrons. The Morgan fingerprint density at radius 2 is 1.76 bits per heavy atom. The molecule has 2 heterocycles. The van der Waals surface area contributed by atoms with E-state index in [2.05, 4.69) is 15.9 Å². The standard InChI is InChI=1S/C26H20BrNO6/c1-32-16-9-7-14(8-10-16)13-28-22(15-11-18(27)24(30)20(12-15)33-2)21-23(29)17-5-3-4-6-19(17)34-25(21)26(28)31/h3-12,22,30H,13H2,1-2H3/t22-/m1/s1. The molecule has 4 aromatic rings. The summed E-state index contributed by atoms with van der Waals surface area (Å²) in [4.78, 5) is 28.8. The van der Waals surface area contributed by atoms with Crippen molar-refractivity contribution in [2.24, 2.45) is 0 Å². The first-order valence-electron chi connectivity index (χ1n) is 10.5. The fourth-order valence-electron chi connectivity index (χ4n) is 4.31. The molecule has 1 atom stereocenters. The van der Waals surface area contributed by atoms with Gasteiger partial charge in [0.25, 0.3) is 5.91 Å². The van der Waals surface area contributed by atoms with Gasteiger partial charge in [-0.1, -0.05) is 24.3 Å². The summed E-state index contributed by atoms with van der Waals surface area (Å²) in [5.74, 6) is 0.488. The van der Waals surface area contributed by atoms with Crippen LogP contribution in [0.4, 0.5) is 0 Å². The number of benzene rings is 3. The van der Waals surface area contributed by atoms with Gasteiger partial charge < -0.3 is 23.9 Å². The summed E-state index contributed by atoms with van der Waals surface area (Å²) in [6.07, 6.45) is 0. The Morgan fingerprint density at radius 1 is 1.03 bits per heavy atom. The van der Waals surface area contributed by atoms with E-state index in [1.807, 2.05) is 24.3 Å². The normalized spacial score (nSPS) is 15.0. The van der Waals surface area contributed by atoms with Crippen molar-refractivity contribution in [1.82, 2.24) is 4.90 Å². The quantitative estimate of drug-likeness (QED) is 0.396. The SMILES string of the molecule is COc1ccc(CN2C(=O)c3oc4ccccc4c(=O)c3[C@H]2c2cc(Br)c(O)c(OC)c2)cc1. The second-order valence-electron chi connectivity index (χ2n) is 7.91. The molecule has 0 bridgehead atoms. The van der Waals surface area contributed by atoms with Crippen molar-refractivity contribution >= 4 is 32.8 Å². The summed E-state index contributed by atoms with van der Waals surface area (Å²) in [7, 11) is 3.03. The van der Waals surface area contributed by atoms with Crippen LogP contribution in [0.15, 0.2) is 74.3 Å². The highest BCUT2D eigenvalue weighted by Crippen LogP contribution is 2.44. The Hall–Kier alpha value is -3.78. The summed E-state index contributed by atoms with van der Waals surface area (Å²) in [5, 5.41) is 10.7. The molecule has 7 nitrogen and oxygen atoms in total. The maximum Gasteiger partial charge on any atom is 0.291 e. The Morgan fingerprint density at radius 3 is 2.47 bits per heavy atom. The molecular weight excluding hydrogens is 502 g/mol. The van der Waals surface area contributed by atoms with Gasteiger partial charge >= 0.3 is 0 Å². The van der Waals surface area contributed by atoms with E-state index < -0.39 is 6.04 Å². The van der Waals surface area contributed by atoms with Crippen molar-refractivity contribution in [3.8, 4) is 17.2 Å². The maximum absolute atomic E-state index is 13.6. The number of amides is 1. The topological polar surface area (TPSA) is 89.2 Å². The van der Waals surface area contributed by atoms with Gasteiger partial charge in [0.1, 0.15) is 11.3 Å². The number of fused-ring (bicyclic) bond motifs is 2. The van der Waals surface area contributed by atoms with Crippen molar-refractivity contribution in [2.45, 2.75) is 12.6 Å². The van der Waals surface area contributed by atoms with Gasteiger partial charge in [-0.2, -0.15) is 0 Å². The average Bonchev–Trinajstić information content (AvgIpc) is 3.13. The van der Waals surface area contributed by atoms with Crippen LogP contribution in [-0.2, 0) is 6.54 Å². The Balaban J connectivity index is 1.72. The largest absolute Gasteiger partial charge is 0.503 e. The third-order valence-electron chi connectivity index (χ3n) is 5.97. The number of rotatable bonds is 5. The van der Waals surface area contributed by atoms with Crippen LogP contribution in [0, 0.1) is 0 Å². The highest BCUT2D eigenvalue weighted by atomic mass is 79.9. The van der Waals surface area contributed by atoms with Crippen molar-refractivity contribution in [1.29, 1.82) is 0 Å². The Kier molecular flexibility index (Phi) is 5.53. The molecule has 0 saturated heterocycles. The zero-order chi connectivity index (χ0) is 24.0. The maximum atomic E-state index is 13.6. The highest BCUT2D eigenvalue weighted by Gasteiger charge is 2.43. The number of methoxy groups -OCH3 is 2. The Labute approximate surface area is 203 Å². The van der Waals surface area contributed by atoms with Crippen LogP contribution in [0.5, 0.6) is 17.2 Å². The van der Waals surface area contributed by atoms with Gasteiger partial charge in [0.05, 0.1) is 35.7 Å². The lowest BCUT2D eigenvalue weighted by Gasteiger charge is -2.26. The van der Waals surface area contributed by atoms with Gasteiger partial charge in [-0.3, -0.25) is 9.59 Å². The van der Waals surface area contributed by atoms with Gasteiger partial charge in [0.15, 0.2) is 16.9 Å².